The van der Waals surface area contributed by atoms with Gasteiger partial charge in [-0.2, -0.15) is 5.26 Å². The monoisotopic (exact) mass is 644 g/mol. The molecule has 4 nitrogen and oxygen atoms in total. The predicted molar refractivity (Wildman–Crippen MR) is 203 cm³/mol. The number of nitrogens with zero attached hydrogens (tertiary/aromatic N) is 2. The number of nitriles is 1. The smallest absolute Gasteiger partial charge is 0.245 e. The maximum absolute atomic E-state index is 9.63. The van der Waals surface area contributed by atoms with Crippen molar-refractivity contribution in [3.05, 3.63) is 163 Å². The quantitative estimate of drug-likeness (QED) is 0.192. The molecule has 4 heteroatoms. The first kappa shape index (κ1) is 29.6. The molecule has 1 aromatic heterocycles. The van der Waals surface area contributed by atoms with Crippen LogP contribution in [-0.2, 0) is 0 Å². The molecule has 0 N–H and O–H groups in total. The minimum atomic E-state index is -0.901. The Balaban J connectivity index is 1.21. The summed E-state index contributed by atoms with van der Waals surface area (Å²) < 4.78 is 15.5. The third kappa shape index (κ3) is 5.08. The maximum atomic E-state index is 9.63. The van der Waals surface area contributed by atoms with Crippen LogP contribution < -0.4 is 9.47 Å². The molecule has 1 aliphatic rings. The minimum Gasteiger partial charge on any atom is -0.452 e. The van der Waals surface area contributed by atoms with E-state index in [1.807, 2.05) is 56.3 Å². The highest BCUT2D eigenvalue weighted by atomic mass is 16.7. The van der Waals surface area contributed by atoms with Crippen LogP contribution in [0.25, 0.3) is 72.0 Å². The van der Waals surface area contributed by atoms with Crippen LogP contribution in [-0.4, -0.2) is 10.4 Å². The molecule has 0 amide bonds. The summed E-state index contributed by atoms with van der Waals surface area (Å²) in [5, 5.41) is 11.8. The maximum Gasteiger partial charge on any atom is 0.245 e. The fourth-order valence-electron chi connectivity index (χ4n) is 7.23. The van der Waals surface area contributed by atoms with E-state index in [1.165, 1.54) is 11.1 Å². The van der Waals surface area contributed by atoms with Gasteiger partial charge in [0.25, 0.3) is 0 Å². The lowest BCUT2D eigenvalue weighted by Crippen LogP contribution is -2.34. The number of ether oxygens (including phenoxy) is 2. The summed E-state index contributed by atoms with van der Waals surface area (Å²) in [6, 6.07) is 57.2. The van der Waals surface area contributed by atoms with E-state index < -0.39 is 5.79 Å². The van der Waals surface area contributed by atoms with Crippen LogP contribution in [0.2, 0.25) is 0 Å². The van der Waals surface area contributed by atoms with Crippen LogP contribution in [0.1, 0.15) is 19.4 Å². The Bertz CT molecular complexity index is 2570. The van der Waals surface area contributed by atoms with Gasteiger partial charge in [-0.25, -0.2) is 0 Å². The number of hydrogen-bond acceptors (Lipinski definition) is 3. The number of rotatable bonds is 4. The zero-order chi connectivity index (χ0) is 33.8. The van der Waals surface area contributed by atoms with E-state index in [0.717, 1.165) is 72.4 Å². The number of hydrogen-bond donors (Lipinski definition) is 0. The molecule has 9 rings (SSSR count). The van der Waals surface area contributed by atoms with Crippen molar-refractivity contribution in [3.63, 3.8) is 0 Å². The Kier molecular flexibility index (Phi) is 6.82. The number of aromatic nitrogens is 1. The highest BCUT2D eigenvalue weighted by Crippen LogP contribution is 2.46. The molecule has 2 heterocycles. The molecule has 0 saturated carbocycles. The first-order valence-electron chi connectivity index (χ1n) is 16.8. The Hall–Kier alpha value is -6.57. The molecule has 0 fully saturated rings. The second-order valence-corrected chi connectivity index (χ2v) is 13.2. The standard InChI is InChI=1S/C46H32N2O2/c1-46(2)49-44-22-19-37(48-42-16-10-9-15-38(42)40-23-30(29-47)17-21-43(40)48)28-41(44)39-20-18-33(27-45(39)50-46)36-25-34(31-11-5-3-6-12-31)24-35(26-36)32-13-7-4-8-14-32/h3-28H,1-2H3. The van der Waals surface area contributed by atoms with E-state index in [9.17, 15) is 5.26 Å². The molecule has 0 bridgehead atoms. The molecule has 238 valence electrons. The van der Waals surface area contributed by atoms with Crippen molar-refractivity contribution in [2.45, 2.75) is 19.6 Å². The van der Waals surface area contributed by atoms with Gasteiger partial charge in [0.2, 0.25) is 5.79 Å². The van der Waals surface area contributed by atoms with Gasteiger partial charge >= 0.3 is 0 Å². The summed E-state index contributed by atoms with van der Waals surface area (Å²) in [5.74, 6) is 0.618. The summed E-state index contributed by atoms with van der Waals surface area (Å²) in [5.41, 5.74) is 12.5. The number of benzene rings is 7. The van der Waals surface area contributed by atoms with E-state index in [2.05, 4.69) is 126 Å². The molecule has 50 heavy (non-hydrogen) atoms. The van der Waals surface area contributed by atoms with Gasteiger partial charge in [-0.15, -0.1) is 0 Å². The van der Waals surface area contributed by atoms with Gasteiger partial charge in [-0.05, 0) is 106 Å². The van der Waals surface area contributed by atoms with Gasteiger partial charge in [0.15, 0.2) is 0 Å². The van der Waals surface area contributed by atoms with Crippen molar-refractivity contribution >= 4 is 21.8 Å². The van der Waals surface area contributed by atoms with Crippen LogP contribution in [0.3, 0.4) is 0 Å². The lowest BCUT2D eigenvalue weighted by atomic mass is 9.92. The molecular formula is C46H32N2O2. The minimum absolute atomic E-state index is 0.644. The van der Waals surface area contributed by atoms with Crippen molar-refractivity contribution in [1.29, 1.82) is 5.26 Å². The zero-order valence-electron chi connectivity index (χ0n) is 27.7. The SMILES string of the molecule is CC1(C)Oc2cc(-c3cc(-c4ccccc4)cc(-c4ccccc4)c3)ccc2-c2cc(-n3c4ccccc4c4cc(C#N)ccc43)ccc2O1. The topological polar surface area (TPSA) is 47.2 Å². The summed E-state index contributed by atoms with van der Waals surface area (Å²) in [6.45, 7) is 3.91. The lowest BCUT2D eigenvalue weighted by molar-refractivity contribution is -0.0778. The van der Waals surface area contributed by atoms with Crippen LogP contribution in [0.15, 0.2) is 158 Å². The predicted octanol–water partition coefficient (Wildman–Crippen LogP) is 11.8. The normalized spacial score (nSPS) is 13.1. The second kappa shape index (κ2) is 11.5. The number of para-hydroxylation sites is 1. The van der Waals surface area contributed by atoms with E-state index in [4.69, 9.17) is 9.47 Å². The average molecular weight is 645 g/mol. The van der Waals surface area contributed by atoms with E-state index in [0.29, 0.717) is 5.56 Å². The Morgan fingerprint density at radius 2 is 1.10 bits per heavy atom. The third-order valence-electron chi connectivity index (χ3n) is 9.49. The Morgan fingerprint density at radius 3 is 1.80 bits per heavy atom. The van der Waals surface area contributed by atoms with E-state index in [-0.39, 0.29) is 0 Å². The van der Waals surface area contributed by atoms with E-state index >= 15 is 0 Å². The lowest BCUT2D eigenvalue weighted by Gasteiger charge is -2.26. The first-order chi connectivity index (χ1) is 24.4. The van der Waals surface area contributed by atoms with Gasteiger partial charge in [-0.1, -0.05) is 84.9 Å². The summed E-state index contributed by atoms with van der Waals surface area (Å²) in [7, 11) is 0. The highest BCUT2D eigenvalue weighted by molar-refractivity contribution is 6.09. The van der Waals surface area contributed by atoms with Crippen molar-refractivity contribution in [1.82, 2.24) is 4.57 Å². The highest BCUT2D eigenvalue weighted by Gasteiger charge is 2.30. The van der Waals surface area contributed by atoms with Crippen LogP contribution in [0.5, 0.6) is 11.5 Å². The molecule has 8 aromatic rings. The van der Waals surface area contributed by atoms with Crippen molar-refractivity contribution < 1.29 is 9.47 Å². The van der Waals surface area contributed by atoms with Crippen LogP contribution >= 0.6 is 0 Å². The van der Waals surface area contributed by atoms with Crippen LogP contribution in [0.4, 0.5) is 0 Å². The third-order valence-corrected chi connectivity index (χ3v) is 9.49. The molecular weight excluding hydrogens is 613 g/mol. The fraction of sp³-hybridized carbons (Fsp3) is 0.0652. The largest absolute Gasteiger partial charge is 0.452 e. The molecule has 1 aliphatic heterocycles. The molecule has 0 radical (unpaired) electrons. The molecule has 0 unspecified atom stereocenters. The molecule has 0 atom stereocenters. The zero-order valence-corrected chi connectivity index (χ0v) is 27.7. The van der Waals surface area contributed by atoms with Gasteiger partial charge in [0, 0.05) is 41.4 Å². The van der Waals surface area contributed by atoms with Crippen molar-refractivity contribution in [2.24, 2.45) is 0 Å². The molecule has 0 saturated heterocycles. The average Bonchev–Trinajstić information content (AvgIpc) is 3.43. The summed E-state index contributed by atoms with van der Waals surface area (Å²) >= 11 is 0. The molecule has 0 spiro atoms. The van der Waals surface area contributed by atoms with Gasteiger partial charge in [0.1, 0.15) is 11.5 Å². The van der Waals surface area contributed by atoms with Crippen molar-refractivity contribution in [2.75, 3.05) is 0 Å². The van der Waals surface area contributed by atoms with Gasteiger partial charge in [0.05, 0.1) is 22.7 Å². The second-order valence-electron chi connectivity index (χ2n) is 13.2. The van der Waals surface area contributed by atoms with Gasteiger partial charge in [-0.3, -0.25) is 0 Å². The van der Waals surface area contributed by atoms with Crippen molar-refractivity contribution in [3.8, 4) is 67.8 Å². The summed E-state index contributed by atoms with van der Waals surface area (Å²) in [6.07, 6.45) is 0. The van der Waals surface area contributed by atoms with Gasteiger partial charge < -0.3 is 14.0 Å². The Morgan fingerprint density at radius 1 is 0.480 bits per heavy atom. The number of fused-ring (bicyclic) bond motifs is 6. The first-order valence-corrected chi connectivity index (χ1v) is 16.8. The molecule has 7 aromatic carbocycles. The fourth-order valence-corrected chi connectivity index (χ4v) is 7.23. The Labute approximate surface area is 291 Å². The molecule has 0 aliphatic carbocycles. The van der Waals surface area contributed by atoms with E-state index in [1.54, 1.807) is 0 Å². The van der Waals surface area contributed by atoms with Crippen LogP contribution in [0, 0.1) is 11.3 Å². The summed E-state index contributed by atoms with van der Waals surface area (Å²) in [4.78, 5) is 0.